The molecular weight excluding hydrogens is 196 g/mol. The minimum atomic E-state index is -0.528. The van der Waals surface area contributed by atoms with Crippen LogP contribution in [0.15, 0.2) is 30.3 Å². The second-order valence-corrected chi connectivity index (χ2v) is 4.23. The van der Waals surface area contributed by atoms with Gasteiger partial charge in [-0.25, -0.2) is 0 Å². The summed E-state index contributed by atoms with van der Waals surface area (Å²) in [6.07, 6.45) is 2.75. The summed E-state index contributed by atoms with van der Waals surface area (Å²) in [6, 6.07) is 12.5. The van der Waals surface area contributed by atoms with Crippen molar-refractivity contribution in [2.45, 2.75) is 38.6 Å². The number of nitrogens with zero attached hydrogens (tertiary/aromatic N) is 1. The average Bonchev–Trinajstić information content (AvgIpc) is 2.31. The molecule has 0 bridgehead atoms. The average molecular weight is 218 g/mol. The van der Waals surface area contributed by atoms with E-state index in [1.54, 1.807) is 0 Å². The molecule has 1 aliphatic carbocycles. The minimum Gasteiger partial charge on any atom is -0.313 e. The van der Waals surface area contributed by atoms with Crippen molar-refractivity contribution in [2.75, 3.05) is 0 Å². The molecule has 0 spiro atoms. The second-order valence-electron chi connectivity index (χ2n) is 4.23. The number of nitriles is 1. The molecular formula is C14H22N2. The third kappa shape index (κ3) is 3.08. The van der Waals surface area contributed by atoms with Gasteiger partial charge in [-0.3, -0.25) is 0 Å². The first-order chi connectivity index (χ1) is 7.72. The van der Waals surface area contributed by atoms with Gasteiger partial charge in [-0.1, -0.05) is 44.2 Å². The molecule has 88 valence electrons. The summed E-state index contributed by atoms with van der Waals surface area (Å²) in [4.78, 5) is 0. The maximum Gasteiger partial charge on any atom is 0.104 e. The standard InChI is InChI=1S/C12H14N2.C2H6.H2/c13-9-12(14)7-11(8-12)6-10-4-2-1-3-5-10;1-2;/h1-5,11H,6-8,14H2;1-2H3;1H. The summed E-state index contributed by atoms with van der Waals surface area (Å²) in [6.45, 7) is 4.00. The lowest BCUT2D eigenvalue weighted by atomic mass is 9.68. The van der Waals surface area contributed by atoms with Crippen molar-refractivity contribution in [2.24, 2.45) is 11.7 Å². The van der Waals surface area contributed by atoms with Crippen molar-refractivity contribution in [1.82, 2.24) is 0 Å². The highest BCUT2D eigenvalue weighted by Gasteiger charge is 2.40. The van der Waals surface area contributed by atoms with E-state index >= 15 is 0 Å². The molecule has 0 atom stereocenters. The Bertz CT molecular complexity index is 350. The van der Waals surface area contributed by atoms with Gasteiger partial charge < -0.3 is 5.73 Å². The second kappa shape index (κ2) is 5.67. The molecule has 0 saturated heterocycles. The van der Waals surface area contributed by atoms with E-state index in [-0.39, 0.29) is 1.43 Å². The van der Waals surface area contributed by atoms with Crippen molar-refractivity contribution in [3.63, 3.8) is 0 Å². The molecule has 0 heterocycles. The monoisotopic (exact) mass is 218 g/mol. The van der Waals surface area contributed by atoms with Gasteiger partial charge in [-0.2, -0.15) is 5.26 Å². The van der Waals surface area contributed by atoms with Crippen LogP contribution in [0.1, 0.15) is 33.7 Å². The van der Waals surface area contributed by atoms with Gasteiger partial charge in [0.25, 0.3) is 0 Å². The van der Waals surface area contributed by atoms with E-state index in [4.69, 9.17) is 11.0 Å². The first kappa shape index (κ1) is 12.7. The summed E-state index contributed by atoms with van der Waals surface area (Å²) >= 11 is 0. The fourth-order valence-corrected chi connectivity index (χ4v) is 2.15. The summed E-state index contributed by atoms with van der Waals surface area (Å²) in [7, 11) is 0. The number of hydrogen-bond donors (Lipinski definition) is 1. The normalized spacial score (nSPS) is 27.0. The van der Waals surface area contributed by atoms with Crippen molar-refractivity contribution in [3.8, 4) is 6.07 Å². The molecule has 2 nitrogen and oxygen atoms in total. The van der Waals surface area contributed by atoms with Gasteiger partial charge in [0.05, 0.1) is 6.07 Å². The van der Waals surface area contributed by atoms with Crippen molar-refractivity contribution in [1.29, 1.82) is 5.26 Å². The van der Waals surface area contributed by atoms with E-state index in [0.29, 0.717) is 5.92 Å². The Kier molecular flexibility index (Phi) is 4.52. The van der Waals surface area contributed by atoms with E-state index in [1.807, 2.05) is 32.0 Å². The van der Waals surface area contributed by atoms with Crippen molar-refractivity contribution in [3.05, 3.63) is 35.9 Å². The smallest absolute Gasteiger partial charge is 0.104 e. The highest BCUT2D eigenvalue weighted by Crippen LogP contribution is 2.37. The Morgan fingerprint density at radius 3 is 2.44 bits per heavy atom. The lowest BCUT2D eigenvalue weighted by molar-refractivity contribution is 0.202. The number of hydrogen-bond acceptors (Lipinski definition) is 2. The molecule has 1 aromatic carbocycles. The molecule has 0 aromatic heterocycles. The summed E-state index contributed by atoms with van der Waals surface area (Å²) in [5.41, 5.74) is 6.60. The topological polar surface area (TPSA) is 49.8 Å². The Morgan fingerprint density at radius 1 is 1.38 bits per heavy atom. The molecule has 0 amide bonds. The predicted molar refractivity (Wildman–Crippen MR) is 68.9 cm³/mol. The molecule has 16 heavy (non-hydrogen) atoms. The summed E-state index contributed by atoms with van der Waals surface area (Å²) in [5.74, 6) is 0.599. The van der Waals surface area contributed by atoms with Crippen LogP contribution in [0.2, 0.25) is 0 Å². The maximum atomic E-state index is 8.75. The zero-order valence-electron chi connectivity index (χ0n) is 10.1. The SMILES string of the molecule is CC.N#CC1(N)CC(Cc2ccccc2)C1.[HH]. The summed E-state index contributed by atoms with van der Waals surface area (Å²) in [5, 5.41) is 8.75. The van der Waals surface area contributed by atoms with Gasteiger partial charge in [0, 0.05) is 1.43 Å². The first-order valence-corrected chi connectivity index (χ1v) is 5.96. The van der Waals surface area contributed by atoms with Gasteiger partial charge in [0.2, 0.25) is 0 Å². The molecule has 0 unspecified atom stereocenters. The molecule has 0 aliphatic heterocycles. The molecule has 1 aliphatic rings. The Morgan fingerprint density at radius 2 is 1.94 bits per heavy atom. The van der Waals surface area contributed by atoms with Gasteiger partial charge >= 0.3 is 0 Å². The number of benzene rings is 1. The van der Waals surface area contributed by atoms with Crippen LogP contribution in [0.4, 0.5) is 0 Å². The quantitative estimate of drug-likeness (QED) is 0.829. The van der Waals surface area contributed by atoms with Crippen LogP contribution in [0.5, 0.6) is 0 Å². The zero-order chi connectivity index (χ0) is 12.0. The van der Waals surface area contributed by atoms with E-state index < -0.39 is 5.54 Å². The van der Waals surface area contributed by atoms with Crippen LogP contribution in [0.3, 0.4) is 0 Å². The van der Waals surface area contributed by atoms with Gasteiger partial charge in [-0.15, -0.1) is 0 Å². The third-order valence-corrected chi connectivity index (χ3v) is 2.90. The highest BCUT2D eigenvalue weighted by atomic mass is 14.8. The molecule has 1 aromatic rings. The Hall–Kier alpha value is -1.33. The van der Waals surface area contributed by atoms with Crippen LogP contribution >= 0.6 is 0 Å². The fourth-order valence-electron chi connectivity index (χ4n) is 2.15. The molecule has 2 N–H and O–H groups in total. The fraction of sp³-hybridized carbons (Fsp3) is 0.500. The summed E-state index contributed by atoms with van der Waals surface area (Å²) < 4.78 is 0. The van der Waals surface area contributed by atoms with Crippen molar-refractivity contribution < 1.29 is 1.43 Å². The van der Waals surface area contributed by atoms with Gasteiger partial charge in [0.15, 0.2) is 0 Å². The molecule has 1 fully saturated rings. The van der Waals surface area contributed by atoms with E-state index in [2.05, 4.69) is 18.2 Å². The third-order valence-electron chi connectivity index (χ3n) is 2.90. The predicted octanol–water partition coefficient (Wildman–Crippen LogP) is 3.13. The van der Waals surface area contributed by atoms with Gasteiger partial charge in [0.1, 0.15) is 5.54 Å². The first-order valence-electron chi connectivity index (χ1n) is 5.96. The zero-order valence-corrected chi connectivity index (χ0v) is 10.1. The van der Waals surface area contributed by atoms with Crippen LogP contribution in [0, 0.1) is 17.2 Å². The van der Waals surface area contributed by atoms with Gasteiger partial charge in [-0.05, 0) is 30.7 Å². The van der Waals surface area contributed by atoms with E-state index in [0.717, 1.165) is 19.3 Å². The van der Waals surface area contributed by atoms with E-state index in [9.17, 15) is 0 Å². The lowest BCUT2D eigenvalue weighted by Crippen LogP contribution is -2.51. The Labute approximate surface area is 99.6 Å². The maximum absolute atomic E-state index is 8.75. The van der Waals surface area contributed by atoms with Crippen LogP contribution < -0.4 is 5.73 Å². The minimum absolute atomic E-state index is 0. The Balaban J connectivity index is 0.000000811. The molecule has 1 saturated carbocycles. The lowest BCUT2D eigenvalue weighted by Gasteiger charge is -2.39. The van der Waals surface area contributed by atoms with Crippen LogP contribution in [-0.2, 0) is 6.42 Å². The molecule has 0 radical (unpaired) electrons. The number of rotatable bonds is 2. The molecule has 2 heteroatoms. The largest absolute Gasteiger partial charge is 0.313 e. The van der Waals surface area contributed by atoms with Crippen molar-refractivity contribution >= 4 is 0 Å². The van der Waals surface area contributed by atoms with E-state index in [1.165, 1.54) is 5.56 Å². The van der Waals surface area contributed by atoms with Crippen LogP contribution in [0.25, 0.3) is 0 Å². The molecule has 2 rings (SSSR count). The number of nitrogens with two attached hydrogens (primary N) is 1. The van der Waals surface area contributed by atoms with Crippen LogP contribution in [-0.4, -0.2) is 5.54 Å². The highest BCUT2D eigenvalue weighted by molar-refractivity contribution is 5.20.